The van der Waals surface area contributed by atoms with Crippen LogP contribution in [0.2, 0.25) is 0 Å². The Bertz CT molecular complexity index is 437. The number of hydrogen-bond acceptors (Lipinski definition) is 3. The van der Waals surface area contributed by atoms with Gasteiger partial charge in [-0.3, -0.25) is 0 Å². The molecule has 3 nitrogen and oxygen atoms in total. The zero-order valence-electron chi connectivity index (χ0n) is 9.14. The van der Waals surface area contributed by atoms with Gasteiger partial charge >= 0.3 is 0 Å². The van der Waals surface area contributed by atoms with Crippen molar-refractivity contribution in [3.05, 3.63) is 48.0 Å². The lowest BCUT2D eigenvalue weighted by Gasteiger charge is -2.05. The van der Waals surface area contributed by atoms with Gasteiger partial charge < -0.3 is 10.4 Å². The standard InChI is InChI=1S/C13H14N2O/c1-14-13-7-3-6-12(15-13)11-5-2-4-10(8-11)9-16/h2-8,16H,9H2,1H3,(H,14,15). The van der Waals surface area contributed by atoms with E-state index in [0.717, 1.165) is 22.6 Å². The first-order valence-electron chi connectivity index (χ1n) is 5.18. The second-order valence-electron chi connectivity index (χ2n) is 3.52. The van der Waals surface area contributed by atoms with E-state index in [9.17, 15) is 0 Å². The van der Waals surface area contributed by atoms with Crippen molar-refractivity contribution < 1.29 is 5.11 Å². The minimum atomic E-state index is 0.0551. The van der Waals surface area contributed by atoms with Crippen molar-refractivity contribution in [1.29, 1.82) is 0 Å². The number of hydrogen-bond donors (Lipinski definition) is 2. The number of anilines is 1. The van der Waals surface area contributed by atoms with E-state index in [1.807, 2.05) is 49.5 Å². The molecule has 0 fully saturated rings. The van der Waals surface area contributed by atoms with Gasteiger partial charge in [-0.25, -0.2) is 4.98 Å². The van der Waals surface area contributed by atoms with Crippen molar-refractivity contribution in [2.24, 2.45) is 0 Å². The fraction of sp³-hybridized carbons (Fsp3) is 0.154. The van der Waals surface area contributed by atoms with Gasteiger partial charge in [-0.05, 0) is 23.8 Å². The second kappa shape index (κ2) is 4.77. The summed E-state index contributed by atoms with van der Waals surface area (Å²) in [6, 6.07) is 13.6. The third-order valence-electron chi connectivity index (χ3n) is 2.41. The van der Waals surface area contributed by atoms with E-state index < -0.39 is 0 Å². The summed E-state index contributed by atoms with van der Waals surface area (Å²) in [5.74, 6) is 0.840. The molecule has 0 atom stereocenters. The van der Waals surface area contributed by atoms with E-state index >= 15 is 0 Å². The van der Waals surface area contributed by atoms with Gasteiger partial charge in [0.1, 0.15) is 5.82 Å². The molecule has 2 N–H and O–H groups in total. The van der Waals surface area contributed by atoms with Crippen molar-refractivity contribution in [3.63, 3.8) is 0 Å². The molecule has 3 heteroatoms. The summed E-state index contributed by atoms with van der Waals surface area (Å²) in [5, 5.41) is 12.1. The fourth-order valence-corrected chi connectivity index (χ4v) is 1.56. The summed E-state index contributed by atoms with van der Waals surface area (Å²) in [5.41, 5.74) is 2.82. The van der Waals surface area contributed by atoms with Crippen molar-refractivity contribution >= 4 is 5.82 Å². The highest BCUT2D eigenvalue weighted by molar-refractivity contribution is 5.61. The lowest BCUT2D eigenvalue weighted by atomic mass is 10.1. The molecule has 0 radical (unpaired) electrons. The first-order chi connectivity index (χ1) is 7.83. The van der Waals surface area contributed by atoms with Crippen molar-refractivity contribution in [3.8, 4) is 11.3 Å². The smallest absolute Gasteiger partial charge is 0.126 e. The van der Waals surface area contributed by atoms with E-state index in [0.29, 0.717) is 0 Å². The van der Waals surface area contributed by atoms with E-state index in [2.05, 4.69) is 10.3 Å². The van der Waals surface area contributed by atoms with E-state index in [1.54, 1.807) is 0 Å². The summed E-state index contributed by atoms with van der Waals surface area (Å²) in [7, 11) is 1.84. The van der Waals surface area contributed by atoms with Gasteiger partial charge in [-0.15, -0.1) is 0 Å². The zero-order valence-corrected chi connectivity index (χ0v) is 9.14. The number of rotatable bonds is 3. The van der Waals surface area contributed by atoms with Crippen LogP contribution < -0.4 is 5.32 Å². The van der Waals surface area contributed by atoms with Gasteiger partial charge in [-0.2, -0.15) is 0 Å². The minimum absolute atomic E-state index is 0.0551. The van der Waals surface area contributed by atoms with E-state index in [1.165, 1.54) is 0 Å². The molecule has 0 aliphatic carbocycles. The SMILES string of the molecule is CNc1cccc(-c2cccc(CO)c2)n1. The van der Waals surface area contributed by atoms with Gasteiger partial charge in [0.25, 0.3) is 0 Å². The van der Waals surface area contributed by atoms with Crippen LogP contribution in [-0.2, 0) is 6.61 Å². The molecule has 0 saturated heterocycles. The monoisotopic (exact) mass is 214 g/mol. The molecule has 0 unspecified atom stereocenters. The molecule has 0 bridgehead atoms. The van der Waals surface area contributed by atoms with Gasteiger partial charge in [0.15, 0.2) is 0 Å². The maximum Gasteiger partial charge on any atom is 0.126 e. The molecule has 0 spiro atoms. The Labute approximate surface area is 94.8 Å². The maximum absolute atomic E-state index is 9.08. The average Bonchev–Trinajstić information content (AvgIpc) is 2.39. The number of nitrogens with one attached hydrogen (secondary N) is 1. The van der Waals surface area contributed by atoms with Crippen LogP contribution in [0.4, 0.5) is 5.82 Å². The van der Waals surface area contributed by atoms with Crippen LogP contribution in [0.25, 0.3) is 11.3 Å². The van der Waals surface area contributed by atoms with Crippen molar-refractivity contribution in [2.45, 2.75) is 6.61 Å². The zero-order chi connectivity index (χ0) is 11.4. The molecule has 1 aromatic heterocycles. The average molecular weight is 214 g/mol. The van der Waals surface area contributed by atoms with Crippen molar-refractivity contribution in [1.82, 2.24) is 4.98 Å². The molecule has 0 saturated carbocycles. The Morgan fingerprint density at radius 3 is 2.75 bits per heavy atom. The molecule has 82 valence electrons. The fourth-order valence-electron chi connectivity index (χ4n) is 1.56. The van der Waals surface area contributed by atoms with Gasteiger partial charge in [0.05, 0.1) is 12.3 Å². The molecular weight excluding hydrogens is 200 g/mol. The number of nitrogens with zero attached hydrogens (tertiary/aromatic N) is 1. The maximum atomic E-state index is 9.08. The van der Waals surface area contributed by atoms with Crippen LogP contribution >= 0.6 is 0 Å². The van der Waals surface area contributed by atoms with Gasteiger partial charge in [0.2, 0.25) is 0 Å². The highest BCUT2D eigenvalue weighted by Crippen LogP contribution is 2.19. The number of pyridine rings is 1. The number of aliphatic hydroxyl groups excluding tert-OH is 1. The largest absolute Gasteiger partial charge is 0.392 e. The Hall–Kier alpha value is -1.87. The van der Waals surface area contributed by atoms with Crippen LogP contribution in [0.5, 0.6) is 0 Å². The van der Waals surface area contributed by atoms with E-state index in [4.69, 9.17) is 5.11 Å². The molecule has 16 heavy (non-hydrogen) atoms. The van der Waals surface area contributed by atoms with Crippen LogP contribution in [0.15, 0.2) is 42.5 Å². The van der Waals surface area contributed by atoms with Crippen LogP contribution in [-0.4, -0.2) is 17.1 Å². The molecule has 2 aromatic rings. The highest BCUT2D eigenvalue weighted by atomic mass is 16.3. The number of benzene rings is 1. The summed E-state index contributed by atoms with van der Waals surface area (Å²) in [4.78, 5) is 4.44. The van der Waals surface area contributed by atoms with Gasteiger partial charge in [0, 0.05) is 12.6 Å². The molecule has 1 heterocycles. The third kappa shape index (κ3) is 2.20. The Morgan fingerprint density at radius 2 is 2.00 bits per heavy atom. The molecular formula is C13H14N2O. The minimum Gasteiger partial charge on any atom is -0.392 e. The summed E-state index contributed by atoms with van der Waals surface area (Å²) in [6.45, 7) is 0.0551. The summed E-state index contributed by atoms with van der Waals surface area (Å²) < 4.78 is 0. The number of aromatic nitrogens is 1. The van der Waals surface area contributed by atoms with E-state index in [-0.39, 0.29) is 6.61 Å². The topological polar surface area (TPSA) is 45.1 Å². The molecule has 0 amide bonds. The summed E-state index contributed by atoms with van der Waals surface area (Å²) >= 11 is 0. The highest BCUT2D eigenvalue weighted by Gasteiger charge is 2.01. The predicted octanol–water partition coefficient (Wildman–Crippen LogP) is 2.28. The normalized spacial score (nSPS) is 10.1. The Morgan fingerprint density at radius 1 is 1.19 bits per heavy atom. The second-order valence-corrected chi connectivity index (χ2v) is 3.52. The van der Waals surface area contributed by atoms with Gasteiger partial charge in [-0.1, -0.05) is 24.3 Å². The predicted molar refractivity (Wildman–Crippen MR) is 65.1 cm³/mol. The lowest BCUT2D eigenvalue weighted by Crippen LogP contribution is -1.93. The van der Waals surface area contributed by atoms with Crippen LogP contribution in [0, 0.1) is 0 Å². The molecule has 2 rings (SSSR count). The first kappa shape index (κ1) is 10.6. The third-order valence-corrected chi connectivity index (χ3v) is 2.41. The first-order valence-corrected chi connectivity index (χ1v) is 5.18. The van der Waals surface area contributed by atoms with Crippen molar-refractivity contribution in [2.75, 3.05) is 12.4 Å². The Balaban J connectivity index is 2.41. The quantitative estimate of drug-likeness (QED) is 0.824. The molecule has 0 aliphatic heterocycles. The van der Waals surface area contributed by atoms with Crippen LogP contribution in [0.1, 0.15) is 5.56 Å². The number of aliphatic hydroxyl groups is 1. The lowest BCUT2D eigenvalue weighted by molar-refractivity contribution is 0.282. The summed E-state index contributed by atoms with van der Waals surface area (Å²) in [6.07, 6.45) is 0. The van der Waals surface area contributed by atoms with Crippen LogP contribution in [0.3, 0.4) is 0 Å². The Kier molecular flexibility index (Phi) is 3.17. The molecule has 1 aromatic carbocycles. The molecule has 0 aliphatic rings.